The van der Waals surface area contributed by atoms with Crippen molar-refractivity contribution in [3.63, 3.8) is 0 Å². The zero-order valence-corrected chi connectivity index (χ0v) is 16.9. The molecule has 0 saturated carbocycles. The van der Waals surface area contributed by atoms with Crippen molar-refractivity contribution in [3.05, 3.63) is 77.7 Å². The van der Waals surface area contributed by atoms with Gasteiger partial charge in [-0.25, -0.2) is 9.37 Å². The quantitative estimate of drug-likeness (QED) is 0.552. The van der Waals surface area contributed by atoms with Crippen LogP contribution in [0.3, 0.4) is 0 Å². The number of hydrogen-bond donors (Lipinski definition) is 1. The number of benzene rings is 2. The Balaban J connectivity index is 1.71. The number of ether oxygens (including phenoxy) is 3. The van der Waals surface area contributed by atoms with Crippen molar-refractivity contribution < 1.29 is 23.4 Å². The molecular formula is C23H23FN2O4. The summed E-state index contributed by atoms with van der Waals surface area (Å²) in [5, 5.41) is 2.84. The molecule has 156 valence electrons. The Hall–Kier alpha value is -3.61. The van der Waals surface area contributed by atoms with Crippen LogP contribution in [0.15, 0.2) is 60.8 Å². The summed E-state index contributed by atoms with van der Waals surface area (Å²) in [5.74, 6) is 1.05. The van der Waals surface area contributed by atoms with Crippen LogP contribution in [0.2, 0.25) is 0 Å². The topological polar surface area (TPSA) is 69.7 Å². The number of pyridine rings is 1. The van der Waals surface area contributed by atoms with Gasteiger partial charge in [0, 0.05) is 29.9 Å². The largest absolute Gasteiger partial charge is 0.490 e. The van der Waals surface area contributed by atoms with Gasteiger partial charge in [0.15, 0.2) is 11.5 Å². The molecule has 0 aliphatic heterocycles. The average Bonchev–Trinajstić information content (AvgIpc) is 2.74. The molecule has 6 nitrogen and oxygen atoms in total. The molecule has 0 unspecified atom stereocenters. The predicted molar refractivity (Wildman–Crippen MR) is 111 cm³/mol. The van der Waals surface area contributed by atoms with Gasteiger partial charge in [-0.15, -0.1) is 0 Å². The first-order valence-electron chi connectivity index (χ1n) is 9.65. The molecule has 3 rings (SSSR count). The number of aromatic nitrogens is 1. The molecule has 0 spiro atoms. The molecule has 3 aromatic rings. The number of nitrogens with zero attached hydrogens (tertiary/aromatic N) is 1. The van der Waals surface area contributed by atoms with Crippen LogP contribution >= 0.6 is 0 Å². The summed E-state index contributed by atoms with van der Waals surface area (Å²) < 4.78 is 30.2. The summed E-state index contributed by atoms with van der Waals surface area (Å²) >= 11 is 0. The molecule has 0 aliphatic carbocycles. The van der Waals surface area contributed by atoms with Crippen molar-refractivity contribution in [1.29, 1.82) is 0 Å². The highest BCUT2D eigenvalue weighted by molar-refractivity contribution is 5.94. The lowest BCUT2D eigenvalue weighted by Gasteiger charge is -2.13. The number of amides is 1. The highest BCUT2D eigenvalue weighted by Gasteiger charge is 2.13. The molecule has 1 N–H and O–H groups in total. The number of carbonyl (C=O) groups is 1. The van der Waals surface area contributed by atoms with Crippen LogP contribution in [-0.4, -0.2) is 24.1 Å². The fraction of sp³-hybridized carbons (Fsp3) is 0.217. The lowest BCUT2D eigenvalue weighted by Crippen LogP contribution is -2.23. The summed E-state index contributed by atoms with van der Waals surface area (Å²) in [7, 11) is 0. The zero-order chi connectivity index (χ0) is 21.3. The van der Waals surface area contributed by atoms with E-state index in [2.05, 4.69) is 10.3 Å². The van der Waals surface area contributed by atoms with Gasteiger partial charge in [0.25, 0.3) is 5.91 Å². The van der Waals surface area contributed by atoms with E-state index in [1.54, 1.807) is 48.7 Å². The number of nitrogens with one attached hydrogen (secondary N) is 1. The van der Waals surface area contributed by atoms with E-state index in [4.69, 9.17) is 14.2 Å². The summed E-state index contributed by atoms with van der Waals surface area (Å²) in [6.45, 7) is 4.90. The third-order valence-corrected chi connectivity index (χ3v) is 4.11. The third-order valence-electron chi connectivity index (χ3n) is 4.11. The molecule has 0 atom stereocenters. The number of rotatable bonds is 9. The van der Waals surface area contributed by atoms with Gasteiger partial charge >= 0.3 is 0 Å². The summed E-state index contributed by atoms with van der Waals surface area (Å²) in [4.78, 5) is 16.8. The second kappa shape index (κ2) is 10.2. The van der Waals surface area contributed by atoms with Gasteiger partial charge in [-0.05, 0) is 50.2 Å². The highest BCUT2D eigenvalue weighted by Crippen LogP contribution is 2.29. The molecule has 30 heavy (non-hydrogen) atoms. The van der Waals surface area contributed by atoms with Gasteiger partial charge in [0.1, 0.15) is 11.6 Å². The smallest absolute Gasteiger partial charge is 0.251 e. The second-order valence-electron chi connectivity index (χ2n) is 6.24. The molecule has 1 amide bonds. The maximum atomic E-state index is 13.4. The minimum atomic E-state index is -0.404. The van der Waals surface area contributed by atoms with E-state index < -0.39 is 5.82 Å². The van der Waals surface area contributed by atoms with Crippen molar-refractivity contribution in [3.8, 4) is 23.1 Å². The van der Waals surface area contributed by atoms with E-state index in [1.165, 1.54) is 12.1 Å². The van der Waals surface area contributed by atoms with Crippen molar-refractivity contribution in [2.24, 2.45) is 0 Å². The van der Waals surface area contributed by atoms with Crippen molar-refractivity contribution in [1.82, 2.24) is 10.3 Å². The SMILES string of the molecule is CCOc1ccc(C(=O)NCc2cccnc2Oc2cccc(F)c2)cc1OCC. The summed E-state index contributed by atoms with van der Waals surface area (Å²) in [6, 6.07) is 14.4. The molecule has 0 aliphatic rings. The Morgan fingerprint density at radius 1 is 1.00 bits per heavy atom. The molecule has 0 radical (unpaired) electrons. The summed E-state index contributed by atoms with van der Waals surface area (Å²) in [5.41, 5.74) is 1.10. The normalized spacial score (nSPS) is 10.4. The van der Waals surface area contributed by atoms with E-state index in [0.717, 1.165) is 0 Å². The summed E-state index contributed by atoms with van der Waals surface area (Å²) in [6.07, 6.45) is 1.57. The van der Waals surface area contributed by atoms with Crippen molar-refractivity contribution in [2.75, 3.05) is 13.2 Å². The number of carbonyl (C=O) groups excluding carboxylic acids is 1. The maximum Gasteiger partial charge on any atom is 0.251 e. The van der Waals surface area contributed by atoms with Gasteiger partial charge < -0.3 is 19.5 Å². The number of halogens is 1. The first-order chi connectivity index (χ1) is 14.6. The number of hydrogen-bond acceptors (Lipinski definition) is 5. The van der Waals surface area contributed by atoms with Gasteiger partial charge in [-0.2, -0.15) is 0 Å². The van der Waals surface area contributed by atoms with E-state index in [0.29, 0.717) is 47.5 Å². The molecular weight excluding hydrogens is 387 g/mol. The molecule has 2 aromatic carbocycles. The van der Waals surface area contributed by atoms with Crippen LogP contribution < -0.4 is 19.5 Å². The first kappa shape index (κ1) is 21.1. The monoisotopic (exact) mass is 410 g/mol. The van der Waals surface area contributed by atoms with Gasteiger partial charge in [-0.1, -0.05) is 12.1 Å². The predicted octanol–water partition coefficient (Wildman–Crippen LogP) is 4.74. The fourth-order valence-electron chi connectivity index (χ4n) is 2.76. The Labute approximate surface area is 174 Å². The molecule has 0 bridgehead atoms. The van der Waals surface area contributed by atoms with E-state index in [1.807, 2.05) is 13.8 Å². The average molecular weight is 410 g/mol. The lowest BCUT2D eigenvalue weighted by molar-refractivity contribution is 0.0950. The third kappa shape index (κ3) is 5.47. The molecule has 1 heterocycles. The first-order valence-corrected chi connectivity index (χ1v) is 9.65. The fourth-order valence-corrected chi connectivity index (χ4v) is 2.76. The van der Waals surface area contributed by atoms with Crippen molar-refractivity contribution in [2.45, 2.75) is 20.4 Å². The molecule has 0 fully saturated rings. The van der Waals surface area contributed by atoms with Crippen LogP contribution in [0.4, 0.5) is 4.39 Å². The molecule has 0 saturated heterocycles. The maximum absolute atomic E-state index is 13.4. The minimum Gasteiger partial charge on any atom is -0.490 e. The van der Waals surface area contributed by atoms with E-state index in [-0.39, 0.29) is 12.5 Å². The van der Waals surface area contributed by atoms with Crippen molar-refractivity contribution >= 4 is 5.91 Å². The highest BCUT2D eigenvalue weighted by atomic mass is 19.1. The Kier molecular flexibility index (Phi) is 7.21. The van der Waals surface area contributed by atoms with Gasteiger partial charge in [0.2, 0.25) is 5.88 Å². The van der Waals surface area contributed by atoms with Crippen LogP contribution in [0.1, 0.15) is 29.8 Å². The van der Waals surface area contributed by atoms with Gasteiger partial charge in [-0.3, -0.25) is 4.79 Å². The lowest BCUT2D eigenvalue weighted by atomic mass is 10.1. The molecule has 7 heteroatoms. The van der Waals surface area contributed by atoms with Crippen LogP contribution in [0.5, 0.6) is 23.1 Å². The van der Waals surface area contributed by atoms with Gasteiger partial charge in [0.05, 0.1) is 13.2 Å². The Morgan fingerprint density at radius 2 is 1.80 bits per heavy atom. The van der Waals surface area contributed by atoms with Crippen LogP contribution in [0, 0.1) is 5.82 Å². The second-order valence-corrected chi connectivity index (χ2v) is 6.24. The minimum absolute atomic E-state index is 0.189. The zero-order valence-electron chi connectivity index (χ0n) is 16.9. The Bertz CT molecular complexity index is 1010. The van der Waals surface area contributed by atoms with Crippen LogP contribution in [-0.2, 0) is 6.54 Å². The Morgan fingerprint density at radius 3 is 2.57 bits per heavy atom. The molecule has 1 aromatic heterocycles. The van der Waals surface area contributed by atoms with E-state index in [9.17, 15) is 9.18 Å². The van der Waals surface area contributed by atoms with Crippen LogP contribution in [0.25, 0.3) is 0 Å². The standard InChI is InChI=1S/C23H23FN2O4/c1-3-28-20-11-10-16(13-21(20)29-4-2)22(27)26-15-17-7-6-12-25-23(17)30-19-9-5-8-18(24)14-19/h5-14H,3-4,15H2,1-2H3,(H,26,27). The van der Waals surface area contributed by atoms with E-state index >= 15 is 0 Å².